The van der Waals surface area contributed by atoms with Gasteiger partial charge in [0.05, 0.1) is 47.9 Å². The van der Waals surface area contributed by atoms with Crippen LogP contribution in [0, 0.1) is 47.6 Å². The van der Waals surface area contributed by atoms with Gasteiger partial charge < -0.3 is 9.47 Å². The predicted molar refractivity (Wildman–Crippen MR) is 216 cm³/mol. The number of allylic oxidation sites excluding steroid dienone is 2. The van der Waals surface area contributed by atoms with Gasteiger partial charge in [-0.1, -0.05) is 64.1 Å². The lowest BCUT2D eigenvalue weighted by Gasteiger charge is -2.17. The molecule has 0 saturated heterocycles. The molecule has 52 heavy (non-hydrogen) atoms. The molecule has 6 nitrogen and oxygen atoms in total. The number of thiophene rings is 4. The van der Waals surface area contributed by atoms with Crippen molar-refractivity contribution in [3.05, 3.63) is 104 Å². The Bertz CT molecular complexity index is 2740. The average Bonchev–Trinajstić information content (AvgIpc) is 3.96. The fraction of sp³-hybridized carbons (Fsp3) is 0.190. The molecule has 0 unspecified atom stereocenters. The second-order valence-electron chi connectivity index (χ2n) is 13.6. The van der Waals surface area contributed by atoms with E-state index in [2.05, 4.69) is 73.8 Å². The van der Waals surface area contributed by atoms with Gasteiger partial charge in [-0.3, -0.25) is 0 Å². The zero-order chi connectivity index (χ0) is 36.0. The van der Waals surface area contributed by atoms with Gasteiger partial charge in [-0.2, -0.15) is 0 Å². The molecule has 0 spiro atoms. The summed E-state index contributed by atoms with van der Waals surface area (Å²) in [5.41, 5.74) is 5.30. The Hall–Kier alpha value is -5.46. The number of nitriles is 2. The van der Waals surface area contributed by atoms with Gasteiger partial charge in [-0.05, 0) is 34.7 Å². The van der Waals surface area contributed by atoms with Crippen molar-refractivity contribution >= 4 is 96.8 Å². The number of nitrogens with zero attached hydrogens (tertiary/aromatic N) is 4. The van der Waals surface area contributed by atoms with Crippen molar-refractivity contribution in [2.24, 2.45) is 11.8 Å². The van der Waals surface area contributed by atoms with Crippen molar-refractivity contribution in [3.63, 3.8) is 0 Å². The third-order valence-electron chi connectivity index (χ3n) is 9.31. The summed E-state index contributed by atoms with van der Waals surface area (Å²) < 4.78 is 17.8. The van der Waals surface area contributed by atoms with Crippen LogP contribution >= 0.6 is 45.3 Å². The summed E-state index contributed by atoms with van der Waals surface area (Å²) in [7, 11) is 0. The quantitative estimate of drug-likeness (QED) is 0.125. The summed E-state index contributed by atoms with van der Waals surface area (Å²) >= 11 is 6.47. The SMILES string of the molecule is [C-]#[N+]/C(C#N)=C1\c2sc3c(OCC(C)C)c4c5c(sc4c(OCC(C)C)c3c2-c2sc3ccccc3c21)/C(=C(\C#N)[N+]#[C-])c1c-5sc2ccccc12. The van der Waals surface area contributed by atoms with Gasteiger partial charge in [0.25, 0.3) is 11.4 Å². The fourth-order valence-electron chi connectivity index (χ4n) is 7.30. The smallest absolute Gasteiger partial charge is 0.271 e. The topological polar surface area (TPSA) is 74.8 Å². The standard InChI is InChI=1S/C42H26N4O2S4/c1-19(2)17-47-35-31-33-37-27(21-11-7-9-13-25(21)49-37)29(23(15-43)45-5)39(33)52-42(31)36(48-18-20(3)4)32-34-38-28(22-12-8-10-14-26(22)50-38)30(24(16-44)46-6)40(34)51-41(32)35/h7-14,19-20H,17-18H2,1-4H3/b29-23-,30-24+. The summed E-state index contributed by atoms with van der Waals surface area (Å²) in [6, 6.07) is 20.8. The highest BCUT2D eigenvalue weighted by Crippen LogP contribution is 2.66. The summed E-state index contributed by atoms with van der Waals surface area (Å²) in [6.07, 6.45) is 0. The Morgan fingerprint density at radius 1 is 0.615 bits per heavy atom. The van der Waals surface area contributed by atoms with Crippen LogP contribution in [-0.2, 0) is 0 Å². The highest BCUT2D eigenvalue weighted by atomic mass is 32.1. The number of hydrogen-bond donors (Lipinski definition) is 0. The van der Waals surface area contributed by atoms with Crippen molar-refractivity contribution in [2.75, 3.05) is 13.2 Å². The molecule has 9 rings (SSSR count). The number of benzene rings is 3. The van der Waals surface area contributed by atoms with Crippen molar-refractivity contribution in [1.29, 1.82) is 10.5 Å². The molecule has 0 fully saturated rings. The van der Waals surface area contributed by atoms with Crippen LogP contribution in [-0.4, -0.2) is 13.2 Å². The number of fused-ring (bicyclic) bond motifs is 14. The third kappa shape index (κ3) is 4.40. The molecule has 2 aliphatic carbocycles. The van der Waals surface area contributed by atoms with Crippen molar-refractivity contribution in [2.45, 2.75) is 27.7 Å². The van der Waals surface area contributed by atoms with E-state index in [1.54, 1.807) is 45.3 Å². The summed E-state index contributed by atoms with van der Waals surface area (Å²) in [6.45, 7) is 25.5. The van der Waals surface area contributed by atoms with E-state index in [1.807, 2.05) is 24.3 Å². The largest absolute Gasteiger partial charge is 0.491 e. The molecule has 10 heteroatoms. The monoisotopic (exact) mass is 746 g/mol. The normalized spacial score (nSPS) is 14.7. The van der Waals surface area contributed by atoms with Crippen molar-refractivity contribution < 1.29 is 9.47 Å². The maximum Gasteiger partial charge on any atom is 0.271 e. The Kier molecular flexibility index (Phi) is 7.53. The molecule has 4 aromatic heterocycles. The second kappa shape index (κ2) is 12.1. The van der Waals surface area contributed by atoms with Crippen LogP contribution in [0.3, 0.4) is 0 Å². The molecule has 0 aliphatic heterocycles. The van der Waals surface area contributed by atoms with Crippen molar-refractivity contribution in [3.8, 4) is 44.5 Å². The fourth-order valence-corrected chi connectivity index (χ4v) is 12.7. The zero-order valence-corrected chi connectivity index (χ0v) is 31.7. The summed E-state index contributed by atoms with van der Waals surface area (Å²) in [5.74, 6) is 1.95. The molecule has 250 valence electrons. The third-order valence-corrected chi connectivity index (χ3v) is 14.1. The van der Waals surface area contributed by atoms with E-state index in [0.29, 0.717) is 24.4 Å². The van der Waals surface area contributed by atoms with E-state index < -0.39 is 0 Å². The van der Waals surface area contributed by atoms with Gasteiger partial charge in [0.2, 0.25) is 0 Å². The van der Waals surface area contributed by atoms with Crippen LogP contribution < -0.4 is 9.47 Å². The first kappa shape index (κ1) is 32.4. The minimum Gasteiger partial charge on any atom is -0.491 e. The molecule has 2 aliphatic rings. The summed E-state index contributed by atoms with van der Waals surface area (Å²) in [5, 5.41) is 24.5. The molecule has 3 aromatic carbocycles. The van der Waals surface area contributed by atoms with Crippen LogP contribution in [0.1, 0.15) is 48.6 Å². The number of rotatable bonds is 6. The van der Waals surface area contributed by atoms with E-state index in [0.717, 1.165) is 93.6 Å². The molecule has 0 atom stereocenters. The first-order valence-electron chi connectivity index (χ1n) is 16.7. The van der Waals surface area contributed by atoms with Gasteiger partial charge in [0.15, 0.2) is 0 Å². The molecule has 7 aromatic rings. The minimum atomic E-state index is 0.0694. The Morgan fingerprint density at radius 2 is 1.02 bits per heavy atom. The molecule has 0 radical (unpaired) electrons. The summed E-state index contributed by atoms with van der Waals surface area (Å²) in [4.78, 5) is 11.3. The van der Waals surface area contributed by atoms with E-state index in [4.69, 9.17) is 22.6 Å². The van der Waals surface area contributed by atoms with Crippen LogP contribution in [0.15, 0.2) is 59.9 Å². The highest BCUT2D eigenvalue weighted by molar-refractivity contribution is 7.27. The van der Waals surface area contributed by atoms with E-state index >= 15 is 0 Å². The Labute approximate surface area is 315 Å². The number of ether oxygens (including phenoxy) is 2. The lowest BCUT2D eigenvalue weighted by atomic mass is 10.0. The molecule has 0 saturated carbocycles. The Morgan fingerprint density at radius 3 is 1.38 bits per heavy atom. The maximum absolute atomic E-state index is 10.3. The first-order chi connectivity index (χ1) is 25.3. The average molecular weight is 747 g/mol. The number of hydrogen-bond acceptors (Lipinski definition) is 8. The van der Waals surface area contributed by atoms with E-state index in [-0.39, 0.29) is 23.2 Å². The lowest BCUT2D eigenvalue weighted by molar-refractivity contribution is 0.273. The first-order valence-corrected chi connectivity index (χ1v) is 20.0. The Balaban J connectivity index is 1.50. The zero-order valence-electron chi connectivity index (χ0n) is 28.4. The molecule has 0 bridgehead atoms. The van der Waals surface area contributed by atoms with Gasteiger partial charge in [0.1, 0.15) is 11.5 Å². The molecular formula is C42H26N4O2S4. The van der Waals surface area contributed by atoms with Crippen LogP contribution in [0.5, 0.6) is 11.5 Å². The van der Waals surface area contributed by atoms with Crippen molar-refractivity contribution in [1.82, 2.24) is 0 Å². The van der Waals surface area contributed by atoms with E-state index in [1.165, 1.54) is 0 Å². The van der Waals surface area contributed by atoms with Gasteiger partial charge >= 0.3 is 0 Å². The van der Waals surface area contributed by atoms with Gasteiger partial charge in [-0.25, -0.2) is 20.2 Å². The van der Waals surface area contributed by atoms with Gasteiger partial charge in [-0.15, -0.1) is 45.3 Å². The molecule has 0 N–H and O–H groups in total. The van der Waals surface area contributed by atoms with Crippen LogP contribution in [0.2, 0.25) is 0 Å². The molecule has 4 heterocycles. The van der Waals surface area contributed by atoms with E-state index in [9.17, 15) is 10.5 Å². The van der Waals surface area contributed by atoms with Crippen LogP contribution in [0.25, 0.3) is 82.1 Å². The second-order valence-corrected chi connectivity index (χ2v) is 17.7. The molecule has 0 amide bonds. The molecular weight excluding hydrogens is 721 g/mol. The van der Waals surface area contributed by atoms with Gasteiger partial charge in [0, 0.05) is 73.1 Å². The predicted octanol–water partition coefficient (Wildman–Crippen LogP) is 13.0. The maximum atomic E-state index is 10.3. The lowest BCUT2D eigenvalue weighted by Crippen LogP contribution is -2.07. The highest BCUT2D eigenvalue weighted by Gasteiger charge is 2.41. The minimum absolute atomic E-state index is 0.0694. The van der Waals surface area contributed by atoms with Crippen LogP contribution in [0.4, 0.5) is 0 Å².